The van der Waals surface area contributed by atoms with Gasteiger partial charge in [0.25, 0.3) is 0 Å². The fraction of sp³-hybridized carbons (Fsp3) is 0.625. The smallest absolute Gasteiger partial charge is 0.0426 e. The van der Waals surface area contributed by atoms with E-state index in [0.29, 0.717) is 0 Å². The molecule has 1 aliphatic rings. The minimum atomic E-state index is 0.765. The van der Waals surface area contributed by atoms with Crippen molar-refractivity contribution in [3.63, 3.8) is 0 Å². The summed E-state index contributed by atoms with van der Waals surface area (Å²) in [6.45, 7) is 4.22. The van der Waals surface area contributed by atoms with Crippen LogP contribution >= 0.6 is 11.6 Å². The lowest BCUT2D eigenvalue weighted by atomic mass is 9.95. The zero-order chi connectivity index (χ0) is 13.5. The van der Waals surface area contributed by atoms with Gasteiger partial charge < -0.3 is 10.6 Å². The molecule has 0 saturated heterocycles. The Hall–Kier alpha value is -0.730. The second-order valence-electron chi connectivity index (χ2n) is 5.53. The molecule has 1 aliphatic carbocycles. The van der Waals surface area contributed by atoms with E-state index in [-0.39, 0.29) is 0 Å². The number of nitrogens with one attached hydrogen (secondary N) is 2. The molecule has 1 aromatic rings. The predicted molar refractivity (Wildman–Crippen MR) is 84.2 cm³/mol. The van der Waals surface area contributed by atoms with Crippen LogP contribution in [0, 0.1) is 6.92 Å². The highest BCUT2D eigenvalue weighted by molar-refractivity contribution is 6.30. The summed E-state index contributed by atoms with van der Waals surface area (Å²) in [5.41, 5.74) is 2.41. The highest BCUT2D eigenvalue weighted by Crippen LogP contribution is 2.20. The Kier molecular flexibility index (Phi) is 5.99. The standard InChI is InChI=1S/C16H25ClN2/c1-13-8-9-14(17)12-16(13)19-11-5-10-18-15-6-3-2-4-7-15/h8-9,12,15,18-19H,2-7,10-11H2,1H3. The number of hydrogen-bond donors (Lipinski definition) is 2. The SMILES string of the molecule is Cc1ccc(Cl)cc1NCCCNC1CCCCC1. The fourth-order valence-electron chi connectivity index (χ4n) is 2.71. The van der Waals surface area contributed by atoms with Gasteiger partial charge >= 0.3 is 0 Å². The van der Waals surface area contributed by atoms with E-state index in [1.807, 2.05) is 12.1 Å². The quantitative estimate of drug-likeness (QED) is 0.756. The number of halogens is 1. The summed E-state index contributed by atoms with van der Waals surface area (Å²) in [4.78, 5) is 0. The Bertz CT molecular complexity index is 386. The molecule has 2 N–H and O–H groups in total. The van der Waals surface area contributed by atoms with Gasteiger partial charge in [-0.2, -0.15) is 0 Å². The van der Waals surface area contributed by atoms with Gasteiger partial charge in [0.05, 0.1) is 0 Å². The van der Waals surface area contributed by atoms with Crippen molar-refractivity contribution in [3.8, 4) is 0 Å². The molecule has 1 saturated carbocycles. The third kappa shape index (κ3) is 5.04. The first-order chi connectivity index (χ1) is 9.25. The zero-order valence-corrected chi connectivity index (χ0v) is 12.6. The minimum Gasteiger partial charge on any atom is -0.385 e. The van der Waals surface area contributed by atoms with Crippen molar-refractivity contribution in [2.24, 2.45) is 0 Å². The van der Waals surface area contributed by atoms with Gasteiger partial charge in [-0.1, -0.05) is 36.9 Å². The first kappa shape index (κ1) is 14.7. The second kappa shape index (κ2) is 7.76. The lowest BCUT2D eigenvalue weighted by molar-refractivity contribution is 0.373. The molecule has 0 radical (unpaired) electrons. The number of rotatable bonds is 6. The monoisotopic (exact) mass is 280 g/mol. The molecule has 0 bridgehead atoms. The Labute approximate surface area is 121 Å². The van der Waals surface area contributed by atoms with E-state index in [0.717, 1.165) is 36.3 Å². The van der Waals surface area contributed by atoms with Crippen molar-refractivity contribution in [2.45, 2.75) is 51.5 Å². The number of benzene rings is 1. The number of anilines is 1. The summed E-state index contributed by atoms with van der Waals surface area (Å²) in [5, 5.41) is 7.93. The van der Waals surface area contributed by atoms with Crippen LogP contribution in [0.1, 0.15) is 44.1 Å². The summed E-state index contributed by atoms with van der Waals surface area (Å²) in [7, 11) is 0. The van der Waals surface area contributed by atoms with Crippen LogP contribution in [0.2, 0.25) is 5.02 Å². The van der Waals surface area contributed by atoms with Gasteiger partial charge in [-0.3, -0.25) is 0 Å². The van der Waals surface area contributed by atoms with Crippen molar-refractivity contribution < 1.29 is 0 Å². The fourth-order valence-corrected chi connectivity index (χ4v) is 2.88. The van der Waals surface area contributed by atoms with Gasteiger partial charge in [0.1, 0.15) is 0 Å². The van der Waals surface area contributed by atoms with Crippen molar-refractivity contribution in [1.29, 1.82) is 0 Å². The van der Waals surface area contributed by atoms with E-state index >= 15 is 0 Å². The Morgan fingerprint density at radius 3 is 2.74 bits per heavy atom. The zero-order valence-electron chi connectivity index (χ0n) is 11.8. The molecule has 19 heavy (non-hydrogen) atoms. The molecular formula is C16H25ClN2. The van der Waals surface area contributed by atoms with E-state index in [2.05, 4.69) is 23.6 Å². The van der Waals surface area contributed by atoms with E-state index < -0.39 is 0 Å². The molecule has 1 aromatic carbocycles. The largest absolute Gasteiger partial charge is 0.385 e. The van der Waals surface area contributed by atoms with Crippen LogP contribution in [-0.4, -0.2) is 19.1 Å². The molecule has 0 heterocycles. The van der Waals surface area contributed by atoms with Gasteiger partial charge in [-0.15, -0.1) is 0 Å². The van der Waals surface area contributed by atoms with Crippen LogP contribution in [-0.2, 0) is 0 Å². The van der Waals surface area contributed by atoms with Crippen molar-refractivity contribution in [1.82, 2.24) is 5.32 Å². The van der Waals surface area contributed by atoms with E-state index in [1.165, 1.54) is 37.7 Å². The van der Waals surface area contributed by atoms with E-state index in [4.69, 9.17) is 11.6 Å². The van der Waals surface area contributed by atoms with Gasteiger partial charge in [0.15, 0.2) is 0 Å². The molecule has 0 aromatic heterocycles. The van der Waals surface area contributed by atoms with Crippen molar-refractivity contribution in [2.75, 3.05) is 18.4 Å². The van der Waals surface area contributed by atoms with Crippen molar-refractivity contribution >= 4 is 17.3 Å². The maximum atomic E-state index is 6.01. The average molecular weight is 281 g/mol. The lowest BCUT2D eigenvalue weighted by Gasteiger charge is -2.22. The average Bonchev–Trinajstić information content (AvgIpc) is 2.43. The first-order valence-corrected chi connectivity index (χ1v) is 7.87. The normalized spacial score (nSPS) is 16.5. The molecular weight excluding hydrogens is 256 g/mol. The highest BCUT2D eigenvalue weighted by Gasteiger charge is 2.11. The van der Waals surface area contributed by atoms with E-state index in [1.54, 1.807) is 0 Å². The first-order valence-electron chi connectivity index (χ1n) is 7.49. The molecule has 0 spiro atoms. The maximum absolute atomic E-state index is 6.01. The molecule has 106 valence electrons. The molecule has 1 fully saturated rings. The van der Waals surface area contributed by atoms with E-state index in [9.17, 15) is 0 Å². The van der Waals surface area contributed by atoms with Crippen LogP contribution < -0.4 is 10.6 Å². The summed E-state index contributed by atoms with van der Waals surface area (Å²) >= 11 is 6.01. The summed E-state index contributed by atoms with van der Waals surface area (Å²) in [6, 6.07) is 6.77. The molecule has 0 unspecified atom stereocenters. The van der Waals surface area contributed by atoms with Gasteiger partial charge in [0.2, 0.25) is 0 Å². The van der Waals surface area contributed by atoms with Crippen LogP contribution in [0.4, 0.5) is 5.69 Å². The number of aryl methyl sites for hydroxylation is 1. The molecule has 3 heteroatoms. The maximum Gasteiger partial charge on any atom is 0.0426 e. The van der Waals surface area contributed by atoms with Crippen LogP contribution in [0.5, 0.6) is 0 Å². The van der Waals surface area contributed by atoms with Crippen molar-refractivity contribution in [3.05, 3.63) is 28.8 Å². The Balaban J connectivity index is 1.62. The minimum absolute atomic E-state index is 0.765. The van der Waals surface area contributed by atoms with Gasteiger partial charge in [0, 0.05) is 23.3 Å². The van der Waals surface area contributed by atoms with Crippen LogP contribution in [0.3, 0.4) is 0 Å². The summed E-state index contributed by atoms with van der Waals surface area (Å²) in [5.74, 6) is 0. The molecule has 0 amide bonds. The predicted octanol–water partition coefficient (Wildman–Crippen LogP) is 4.37. The van der Waals surface area contributed by atoms with Crippen LogP contribution in [0.15, 0.2) is 18.2 Å². The Morgan fingerprint density at radius 1 is 1.16 bits per heavy atom. The molecule has 0 atom stereocenters. The third-order valence-electron chi connectivity index (χ3n) is 3.91. The topological polar surface area (TPSA) is 24.1 Å². The van der Waals surface area contributed by atoms with Crippen LogP contribution in [0.25, 0.3) is 0 Å². The summed E-state index contributed by atoms with van der Waals surface area (Å²) in [6.07, 6.45) is 8.10. The third-order valence-corrected chi connectivity index (χ3v) is 4.14. The number of hydrogen-bond acceptors (Lipinski definition) is 2. The second-order valence-corrected chi connectivity index (χ2v) is 5.97. The van der Waals surface area contributed by atoms with Gasteiger partial charge in [-0.05, 0) is 50.4 Å². The molecule has 2 rings (SSSR count). The Morgan fingerprint density at radius 2 is 1.95 bits per heavy atom. The summed E-state index contributed by atoms with van der Waals surface area (Å²) < 4.78 is 0. The highest BCUT2D eigenvalue weighted by atomic mass is 35.5. The van der Waals surface area contributed by atoms with Gasteiger partial charge in [-0.25, -0.2) is 0 Å². The molecule has 0 aliphatic heterocycles. The lowest BCUT2D eigenvalue weighted by Crippen LogP contribution is -2.32. The molecule has 2 nitrogen and oxygen atoms in total.